The van der Waals surface area contributed by atoms with Gasteiger partial charge in [-0.05, 0) is 24.3 Å². The van der Waals surface area contributed by atoms with Gasteiger partial charge in [0.15, 0.2) is 5.82 Å². The third kappa shape index (κ3) is 2.46. The van der Waals surface area contributed by atoms with E-state index in [-0.39, 0.29) is 16.5 Å². The van der Waals surface area contributed by atoms with E-state index < -0.39 is 5.97 Å². The molecule has 0 amide bonds. The van der Waals surface area contributed by atoms with Crippen molar-refractivity contribution < 1.29 is 13.9 Å². The Morgan fingerprint density at radius 2 is 2.00 bits per heavy atom. The maximum atomic E-state index is 12.8. The zero-order chi connectivity index (χ0) is 13.1. The number of aromatic nitrogens is 2. The second-order valence-electron chi connectivity index (χ2n) is 3.40. The Kier molecular flexibility index (Phi) is 3.53. The number of hydrogen-bond donors (Lipinski definition) is 0. The molecule has 6 heteroatoms. The molecule has 0 atom stereocenters. The standard InChI is InChI=1S/C12H8ClFN2O2/c1-18-12(17)9-6-15-11(16-10(9)13)7-2-4-8(14)5-3-7/h2-6H,1H3. The van der Waals surface area contributed by atoms with Gasteiger partial charge in [-0.25, -0.2) is 19.2 Å². The summed E-state index contributed by atoms with van der Waals surface area (Å²) >= 11 is 5.86. The molecule has 18 heavy (non-hydrogen) atoms. The van der Waals surface area contributed by atoms with Crippen molar-refractivity contribution in [3.05, 3.63) is 47.0 Å². The van der Waals surface area contributed by atoms with Crippen molar-refractivity contribution in [1.82, 2.24) is 9.97 Å². The van der Waals surface area contributed by atoms with E-state index in [9.17, 15) is 9.18 Å². The number of nitrogens with zero attached hydrogens (tertiary/aromatic N) is 2. The number of benzene rings is 1. The molecular weight excluding hydrogens is 259 g/mol. The quantitative estimate of drug-likeness (QED) is 0.619. The largest absolute Gasteiger partial charge is 0.465 e. The SMILES string of the molecule is COC(=O)c1cnc(-c2ccc(F)cc2)nc1Cl. The number of esters is 1. The molecule has 1 aromatic heterocycles. The predicted octanol–water partition coefficient (Wildman–Crippen LogP) is 2.72. The number of methoxy groups -OCH3 is 1. The molecule has 0 aliphatic carbocycles. The summed E-state index contributed by atoms with van der Waals surface area (Å²) in [4.78, 5) is 19.3. The van der Waals surface area contributed by atoms with Gasteiger partial charge in [0.05, 0.1) is 7.11 Å². The molecule has 0 fully saturated rings. The van der Waals surface area contributed by atoms with Crippen LogP contribution >= 0.6 is 11.6 Å². The second kappa shape index (κ2) is 5.10. The molecular formula is C12H8ClFN2O2. The summed E-state index contributed by atoms with van der Waals surface area (Å²) in [5.74, 6) is -0.644. The average molecular weight is 267 g/mol. The molecule has 0 aliphatic rings. The van der Waals surface area contributed by atoms with Crippen LogP contribution in [-0.2, 0) is 4.74 Å². The molecule has 1 heterocycles. The molecule has 1 aromatic carbocycles. The fraction of sp³-hybridized carbons (Fsp3) is 0.0833. The topological polar surface area (TPSA) is 52.1 Å². The van der Waals surface area contributed by atoms with Crippen LogP contribution in [0.5, 0.6) is 0 Å². The molecule has 2 rings (SSSR count). The van der Waals surface area contributed by atoms with Crippen LogP contribution in [-0.4, -0.2) is 23.0 Å². The lowest BCUT2D eigenvalue weighted by atomic mass is 10.2. The van der Waals surface area contributed by atoms with Crippen LogP contribution in [0.25, 0.3) is 11.4 Å². The fourth-order valence-electron chi connectivity index (χ4n) is 1.35. The van der Waals surface area contributed by atoms with Crippen molar-refractivity contribution in [3.63, 3.8) is 0 Å². The van der Waals surface area contributed by atoms with E-state index in [4.69, 9.17) is 11.6 Å². The summed E-state index contributed by atoms with van der Waals surface area (Å²) in [6.07, 6.45) is 1.28. The Labute approximate surface area is 107 Å². The van der Waals surface area contributed by atoms with Crippen LogP contribution in [0.15, 0.2) is 30.5 Å². The van der Waals surface area contributed by atoms with Gasteiger partial charge < -0.3 is 4.74 Å². The first-order valence-electron chi connectivity index (χ1n) is 4.98. The van der Waals surface area contributed by atoms with E-state index >= 15 is 0 Å². The summed E-state index contributed by atoms with van der Waals surface area (Å²) in [5, 5.41) is -0.00354. The van der Waals surface area contributed by atoms with E-state index in [1.165, 1.54) is 37.6 Å². The van der Waals surface area contributed by atoms with Crippen molar-refractivity contribution in [2.24, 2.45) is 0 Å². The minimum Gasteiger partial charge on any atom is -0.465 e. The van der Waals surface area contributed by atoms with E-state index in [2.05, 4.69) is 14.7 Å². The van der Waals surface area contributed by atoms with Crippen LogP contribution in [0.3, 0.4) is 0 Å². The second-order valence-corrected chi connectivity index (χ2v) is 3.75. The number of carbonyl (C=O) groups excluding carboxylic acids is 1. The summed E-state index contributed by atoms with van der Waals surface area (Å²) in [7, 11) is 1.24. The molecule has 2 aromatic rings. The van der Waals surface area contributed by atoms with Crippen molar-refractivity contribution in [2.45, 2.75) is 0 Å². The molecule has 0 N–H and O–H groups in total. The number of rotatable bonds is 2. The number of hydrogen-bond acceptors (Lipinski definition) is 4. The molecule has 0 saturated carbocycles. The smallest absolute Gasteiger partial charge is 0.342 e. The minimum atomic E-state index is -0.606. The van der Waals surface area contributed by atoms with Crippen LogP contribution in [0.1, 0.15) is 10.4 Å². The zero-order valence-corrected chi connectivity index (χ0v) is 10.1. The van der Waals surface area contributed by atoms with E-state index in [0.29, 0.717) is 11.4 Å². The Balaban J connectivity index is 2.40. The van der Waals surface area contributed by atoms with Crippen molar-refractivity contribution in [2.75, 3.05) is 7.11 Å². The van der Waals surface area contributed by atoms with Gasteiger partial charge in [-0.3, -0.25) is 0 Å². The van der Waals surface area contributed by atoms with E-state index in [0.717, 1.165) is 0 Å². The lowest BCUT2D eigenvalue weighted by Crippen LogP contribution is -2.05. The van der Waals surface area contributed by atoms with Crippen molar-refractivity contribution >= 4 is 17.6 Å². The van der Waals surface area contributed by atoms with E-state index in [1.54, 1.807) is 0 Å². The van der Waals surface area contributed by atoms with Crippen molar-refractivity contribution in [1.29, 1.82) is 0 Å². The van der Waals surface area contributed by atoms with Gasteiger partial charge in [0.2, 0.25) is 0 Å². The molecule has 0 bridgehead atoms. The predicted molar refractivity (Wildman–Crippen MR) is 63.8 cm³/mol. The number of halogens is 2. The maximum absolute atomic E-state index is 12.8. The van der Waals surface area contributed by atoms with Gasteiger partial charge >= 0.3 is 5.97 Å². The third-order valence-corrected chi connectivity index (χ3v) is 2.54. The Morgan fingerprint density at radius 3 is 2.56 bits per heavy atom. The molecule has 0 aliphatic heterocycles. The van der Waals surface area contributed by atoms with Crippen LogP contribution in [0.2, 0.25) is 5.15 Å². The highest BCUT2D eigenvalue weighted by molar-refractivity contribution is 6.32. The average Bonchev–Trinajstić information content (AvgIpc) is 2.38. The highest BCUT2D eigenvalue weighted by Crippen LogP contribution is 2.20. The summed E-state index contributed by atoms with van der Waals surface area (Å²) < 4.78 is 17.3. The maximum Gasteiger partial charge on any atom is 0.342 e. The van der Waals surface area contributed by atoms with Crippen LogP contribution in [0, 0.1) is 5.82 Å². The molecule has 0 radical (unpaired) electrons. The van der Waals surface area contributed by atoms with Crippen molar-refractivity contribution in [3.8, 4) is 11.4 Å². The first-order valence-corrected chi connectivity index (χ1v) is 5.36. The Morgan fingerprint density at radius 1 is 1.33 bits per heavy atom. The van der Waals surface area contributed by atoms with Gasteiger partial charge in [-0.1, -0.05) is 11.6 Å². The van der Waals surface area contributed by atoms with Crippen LogP contribution < -0.4 is 0 Å². The summed E-state index contributed by atoms with van der Waals surface area (Å²) in [5.41, 5.74) is 0.694. The minimum absolute atomic E-state index is 0.00354. The number of carbonyl (C=O) groups is 1. The molecule has 0 saturated heterocycles. The fourth-order valence-corrected chi connectivity index (χ4v) is 1.55. The normalized spacial score (nSPS) is 10.2. The van der Waals surface area contributed by atoms with Gasteiger partial charge in [-0.15, -0.1) is 0 Å². The van der Waals surface area contributed by atoms with Gasteiger partial charge in [0.1, 0.15) is 16.5 Å². The Hall–Kier alpha value is -2.01. The highest BCUT2D eigenvalue weighted by Gasteiger charge is 2.14. The summed E-state index contributed by atoms with van der Waals surface area (Å²) in [6, 6.07) is 5.64. The number of ether oxygens (including phenoxy) is 1. The summed E-state index contributed by atoms with van der Waals surface area (Å²) in [6.45, 7) is 0. The highest BCUT2D eigenvalue weighted by atomic mass is 35.5. The van der Waals surface area contributed by atoms with Gasteiger partial charge in [0.25, 0.3) is 0 Å². The molecule has 0 unspecified atom stereocenters. The first-order chi connectivity index (χ1) is 8.61. The molecule has 4 nitrogen and oxygen atoms in total. The zero-order valence-electron chi connectivity index (χ0n) is 9.35. The molecule has 92 valence electrons. The first kappa shape index (κ1) is 12.4. The monoisotopic (exact) mass is 266 g/mol. The molecule has 0 spiro atoms. The van der Waals surface area contributed by atoms with E-state index in [1.807, 2.05) is 0 Å². The lowest BCUT2D eigenvalue weighted by molar-refractivity contribution is 0.0600. The third-order valence-electron chi connectivity index (χ3n) is 2.25. The Bertz CT molecular complexity index is 587. The van der Waals surface area contributed by atoms with Gasteiger partial charge in [0, 0.05) is 11.8 Å². The van der Waals surface area contributed by atoms with Crippen LogP contribution in [0.4, 0.5) is 4.39 Å². The van der Waals surface area contributed by atoms with Gasteiger partial charge in [-0.2, -0.15) is 0 Å². The lowest BCUT2D eigenvalue weighted by Gasteiger charge is -2.04.